The van der Waals surface area contributed by atoms with Crippen molar-refractivity contribution >= 4 is 11.6 Å². The maximum Gasteiger partial charge on any atom is 0.262 e. The van der Waals surface area contributed by atoms with Crippen molar-refractivity contribution in [2.45, 2.75) is 0 Å². The molecule has 0 heterocycles. The highest BCUT2D eigenvalue weighted by atomic mass is 19.1. The summed E-state index contributed by atoms with van der Waals surface area (Å²) in [6.45, 7) is -0.275. The lowest BCUT2D eigenvalue weighted by atomic mass is 10.2. The molecule has 0 unspecified atom stereocenters. The Morgan fingerprint density at radius 3 is 2.82 bits per heavy atom. The Kier molecular flexibility index (Phi) is 4.94. The van der Waals surface area contributed by atoms with Crippen LogP contribution >= 0.6 is 0 Å². The van der Waals surface area contributed by atoms with E-state index in [1.54, 1.807) is 24.3 Å². The van der Waals surface area contributed by atoms with E-state index in [-0.39, 0.29) is 18.1 Å². The average Bonchev–Trinajstić information content (AvgIpc) is 2.53. The summed E-state index contributed by atoms with van der Waals surface area (Å²) in [5, 5.41) is 11.4. The highest BCUT2D eigenvalue weighted by Gasteiger charge is 2.07. The van der Waals surface area contributed by atoms with Gasteiger partial charge < -0.3 is 14.8 Å². The molecule has 1 N–H and O–H groups in total. The number of rotatable bonds is 5. The number of carbonyl (C=O) groups excluding carboxylic acids is 1. The second-order valence-corrected chi connectivity index (χ2v) is 4.33. The Morgan fingerprint density at radius 2 is 2.14 bits per heavy atom. The van der Waals surface area contributed by atoms with E-state index < -0.39 is 11.7 Å². The predicted molar refractivity (Wildman–Crippen MR) is 78.2 cm³/mol. The standard InChI is InChI=1S/C16H13FN2O3/c1-21-15-6-5-13(8-14(15)17)22-10-16(20)19-12-4-2-3-11(7-12)9-18/h2-8H,10H2,1H3,(H,19,20). The normalized spacial score (nSPS) is 9.68. The zero-order valence-corrected chi connectivity index (χ0v) is 11.8. The van der Waals surface area contributed by atoms with Gasteiger partial charge in [0.2, 0.25) is 0 Å². The molecule has 0 saturated carbocycles. The lowest BCUT2D eigenvalue weighted by Crippen LogP contribution is -2.20. The summed E-state index contributed by atoms with van der Waals surface area (Å²) in [7, 11) is 1.36. The molecule has 112 valence electrons. The van der Waals surface area contributed by atoms with Crippen LogP contribution in [0.4, 0.5) is 10.1 Å². The number of hydrogen-bond donors (Lipinski definition) is 1. The van der Waals surface area contributed by atoms with Crippen LogP contribution in [0.5, 0.6) is 11.5 Å². The van der Waals surface area contributed by atoms with Gasteiger partial charge in [0.25, 0.3) is 5.91 Å². The third kappa shape index (κ3) is 3.96. The Labute approximate surface area is 126 Å². The summed E-state index contributed by atoms with van der Waals surface area (Å²) in [5.74, 6) is -0.655. The number of benzene rings is 2. The summed E-state index contributed by atoms with van der Waals surface area (Å²) >= 11 is 0. The van der Waals surface area contributed by atoms with Crippen molar-refractivity contribution in [3.63, 3.8) is 0 Å². The molecule has 0 radical (unpaired) electrons. The Bertz CT molecular complexity index is 726. The van der Waals surface area contributed by atoms with Gasteiger partial charge in [-0.15, -0.1) is 0 Å². The van der Waals surface area contributed by atoms with Crippen molar-refractivity contribution in [3.05, 3.63) is 53.8 Å². The first-order valence-electron chi connectivity index (χ1n) is 6.38. The lowest BCUT2D eigenvalue weighted by molar-refractivity contribution is -0.118. The molecule has 0 aliphatic rings. The fraction of sp³-hybridized carbons (Fsp3) is 0.125. The molecule has 2 aromatic rings. The first-order valence-corrected chi connectivity index (χ1v) is 6.38. The maximum atomic E-state index is 13.5. The van der Waals surface area contributed by atoms with E-state index in [1.807, 2.05) is 6.07 Å². The molecule has 2 aromatic carbocycles. The SMILES string of the molecule is COc1ccc(OCC(=O)Nc2cccc(C#N)c2)cc1F. The number of hydrogen-bond acceptors (Lipinski definition) is 4. The molecule has 5 nitrogen and oxygen atoms in total. The number of amides is 1. The Morgan fingerprint density at radius 1 is 1.32 bits per heavy atom. The van der Waals surface area contributed by atoms with Crippen LogP contribution in [-0.2, 0) is 4.79 Å². The first-order chi connectivity index (χ1) is 10.6. The van der Waals surface area contributed by atoms with Crippen LogP contribution in [0.3, 0.4) is 0 Å². The molecule has 22 heavy (non-hydrogen) atoms. The largest absolute Gasteiger partial charge is 0.494 e. The van der Waals surface area contributed by atoms with Gasteiger partial charge in [-0.3, -0.25) is 4.79 Å². The van der Waals surface area contributed by atoms with Gasteiger partial charge in [-0.05, 0) is 30.3 Å². The second-order valence-electron chi connectivity index (χ2n) is 4.33. The number of carbonyl (C=O) groups is 1. The minimum absolute atomic E-state index is 0.102. The van der Waals surface area contributed by atoms with E-state index in [1.165, 1.54) is 19.2 Å². The van der Waals surface area contributed by atoms with Gasteiger partial charge in [0.1, 0.15) is 5.75 Å². The topological polar surface area (TPSA) is 71.3 Å². The Hall–Kier alpha value is -3.07. The van der Waals surface area contributed by atoms with Crippen LogP contribution in [0.2, 0.25) is 0 Å². The third-order valence-corrected chi connectivity index (χ3v) is 2.77. The molecule has 0 fully saturated rings. The zero-order chi connectivity index (χ0) is 15.9. The van der Waals surface area contributed by atoms with Gasteiger partial charge in [-0.2, -0.15) is 5.26 Å². The zero-order valence-electron chi connectivity index (χ0n) is 11.8. The summed E-state index contributed by atoms with van der Waals surface area (Å²) < 4.78 is 23.5. The number of methoxy groups -OCH3 is 1. The van der Waals surface area contributed by atoms with Gasteiger partial charge >= 0.3 is 0 Å². The summed E-state index contributed by atoms with van der Waals surface area (Å²) in [6.07, 6.45) is 0. The Balaban J connectivity index is 1.92. The number of halogens is 1. The van der Waals surface area contributed by atoms with Crippen LogP contribution in [-0.4, -0.2) is 19.6 Å². The molecule has 0 atom stereocenters. The number of nitrogens with one attached hydrogen (secondary N) is 1. The molecule has 0 spiro atoms. The van der Waals surface area contributed by atoms with Gasteiger partial charge in [-0.25, -0.2) is 4.39 Å². The van der Waals surface area contributed by atoms with Crippen LogP contribution in [0.15, 0.2) is 42.5 Å². The lowest BCUT2D eigenvalue weighted by Gasteiger charge is -2.09. The third-order valence-electron chi connectivity index (χ3n) is 2.77. The van der Waals surface area contributed by atoms with Crippen LogP contribution in [0, 0.1) is 17.1 Å². The van der Waals surface area contributed by atoms with Crippen molar-refractivity contribution in [2.75, 3.05) is 19.0 Å². The van der Waals surface area contributed by atoms with Crippen molar-refractivity contribution in [1.82, 2.24) is 0 Å². The summed E-state index contributed by atoms with van der Waals surface area (Å²) in [6, 6.07) is 12.5. The molecule has 2 rings (SSSR count). The van der Waals surface area contributed by atoms with Gasteiger partial charge in [0.05, 0.1) is 18.7 Å². The van der Waals surface area contributed by atoms with Gasteiger partial charge in [-0.1, -0.05) is 6.07 Å². The van der Waals surface area contributed by atoms with Gasteiger partial charge in [0, 0.05) is 11.8 Å². The number of ether oxygens (including phenoxy) is 2. The number of anilines is 1. The summed E-state index contributed by atoms with van der Waals surface area (Å²) in [4.78, 5) is 11.8. The molecule has 6 heteroatoms. The highest BCUT2D eigenvalue weighted by Crippen LogP contribution is 2.22. The van der Waals surface area contributed by atoms with E-state index >= 15 is 0 Å². The number of nitrogens with zero attached hydrogens (tertiary/aromatic N) is 1. The predicted octanol–water partition coefficient (Wildman–Crippen LogP) is 2.72. The van der Waals surface area contributed by atoms with Crippen LogP contribution in [0.25, 0.3) is 0 Å². The van der Waals surface area contributed by atoms with Crippen LogP contribution < -0.4 is 14.8 Å². The second kappa shape index (κ2) is 7.09. The van der Waals surface area contributed by atoms with Crippen molar-refractivity contribution in [2.24, 2.45) is 0 Å². The average molecular weight is 300 g/mol. The fourth-order valence-corrected chi connectivity index (χ4v) is 1.75. The minimum Gasteiger partial charge on any atom is -0.494 e. The highest BCUT2D eigenvalue weighted by molar-refractivity contribution is 5.92. The molecule has 0 aliphatic carbocycles. The molecule has 0 aromatic heterocycles. The van der Waals surface area contributed by atoms with Gasteiger partial charge in [0.15, 0.2) is 18.2 Å². The quantitative estimate of drug-likeness (QED) is 0.921. The summed E-state index contributed by atoms with van der Waals surface area (Å²) in [5.41, 5.74) is 0.935. The molecule has 0 bridgehead atoms. The van der Waals surface area contributed by atoms with E-state index in [2.05, 4.69) is 5.32 Å². The van der Waals surface area contributed by atoms with E-state index in [0.29, 0.717) is 11.3 Å². The number of nitriles is 1. The van der Waals surface area contributed by atoms with Crippen molar-refractivity contribution in [3.8, 4) is 17.6 Å². The molecular formula is C16H13FN2O3. The first kappa shape index (κ1) is 15.3. The van der Waals surface area contributed by atoms with Crippen LogP contribution in [0.1, 0.15) is 5.56 Å². The monoisotopic (exact) mass is 300 g/mol. The minimum atomic E-state index is -0.567. The van der Waals surface area contributed by atoms with Crippen molar-refractivity contribution in [1.29, 1.82) is 5.26 Å². The maximum absolute atomic E-state index is 13.5. The van der Waals surface area contributed by atoms with E-state index in [9.17, 15) is 9.18 Å². The smallest absolute Gasteiger partial charge is 0.262 e. The van der Waals surface area contributed by atoms with Crippen molar-refractivity contribution < 1.29 is 18.7 Å². The van der Waals surface area contributed by atoms with E-state index in [0.717, 1.165) is 6.07 Å². The fourth-order valence-electron chi connectivity index (χ4n) is 1.75. The van der Waals surface area contributed by atoms with E-state index in [4.69, 9.17) is 14.7 Å². The molecule has 0 saturated heterocycles. The molecular weight excluding hydrogens is 287 g/mol. The molecule has 0 aliphatic heterocycles. The molecule has 1 amide bonds.